The highest BCUT2D eigenvalue weighted by Crippen LogP contribution is 2.31. The molecule has 1 N–H and O–H groups in total. The lowest BCUT2D eigenvalue weighted by atomic mass is 10.2. The van der Waals surface area contributed by atoms with E-state index in [4.69, 9.17) is 9.47 Å². The summed E-state index contributed by atoms with van der Waals surface area (Å²) in [6.07, 6.45) is -0.710. The summed E-state index contributed by atoms with van der Waals surface area (Å²) >= 11 is 0. The minimum absolute atomic E-state index is 0.147. The largest absolute Gasteiger partial charge is 0.485 e. The molecule has 7 nitrogen and oxygen atoms in total. The molecule has 1 fully saturated rings. The minimum atomic E-state index is -0.710. The summed E-state index contributed by atoms with van der Waals surface area (Å²) in [6.45, 7) is 3.62. The third kappa shape index (κ3) is 4.61. The number of nitrogens with zero attached hydrogens (tertiary/aromatic N) is 2. The van der Waals surface area contributed by atoms with Gasteiger partial charge in [-0.15, -0.1) is 0 Å². The lowest BCUT2D eigenvalue weighted by molar-refractivity contribution is -0.143. The first-order chi connectivity index (χ1) is 14.9. The quantitative estimate of drug-likeness (QED) is 0.805. The average Bonchev–Trinajstić information content (AvgIpc) is 2.80. The SMILES string of the molecule is C[C@@H](C(=O)Nc1cc(F)ccc1F)N1CCN(C(=O)[C@H]2COc3ccccc3O2)CC1. The van der Waals surface area contributed by atoms with Gasteiger partial charge in [0, 0.05) is 32.2 Å². The number of ether oxygens (including phenoxy) is 2. The maximum absolute atomic E-state index is 13.8. The maximum Gasteiger partial charge on any atom is 0.267 e. The van der Waals surface area contributed by atoms with Crippen molar-refractivity contribution in [2.45, 2.75) is 19.1 Å². The van der Waals surface area contributed by atoms with Gasteiger partial charge in [0.25, 0.3) is 5.91 Å². The van der Waals surface area contributed by atoms with Crippen LogP contribution in [0.1, 0.15) is 6.92 Å². The van der Waals surface area contributed by atoms with Crippen LogP contribution in [0.4, 0.5) is 14.5 Å². The lowest BCUT2D eigenvalue weighted by Gasteiger charge is -2.39. The van der Waals surface area contributed by atoms with E-state index >= 15 is 0 Å². The molecule has 1 saturated heterocycles. The van der Waals surface area contributed by atoms with Crippen molar-refractivity contribution in [1.82, 2.24) is 9.80 Å². The Hall–Kier alpha value is -3.20. The Kier molecular flexibility index (Phi) is 6.03. The van der Waals surface area contributed by atoms with Crippen molar-refractivity contribution in [3.63, 3.8) is 0 Å². The van der Waals surface area contributed by atoms with Crippen LogP contribution < -0.4 is 14.8 Å². The molecule has 2 aliphatic heterocycles. The van der Waals surface area contributed by atoms with Gasteiger partial charge in [-0.1, -0.05) is 12.1 Å². The topological polar surface area (TPSA) is 71.1 Å². The number of halogens is 2. The number of anilines is 1. The first kappa shape index (κ1) is 21.0. The Morgan fingerprint density at radius 3 is 2.52 bits per heavy atom. The Bertz CT molecular complexity index is 979. The van der Waals surface area contributed by atoms with Crippen molar-refractivity contribution in [3.8, 4) is 11.5 Å². The first-order valence-electron chi connectivity index (χ1n) is 10.1. The smallest absolute Gasteiger partial charge is 0.267 e. The van der Waals surface area contributed by atoms with E-state index in [1.165, 1.54) is 0 Å². The summed E-state index contributed by atoms with van der Waals surface area (Å²) in [4.78, 5) is 28.9. The Labute approximate surface area is 178 Å². The molecule has 0 aliphatic carbocycles. The van der Waals surface area contributed by atoms with E-state index in [1.54, 1.807) is 24.0 Å². The van der Waals surface area contributed by atoms with Gasteiger partial charge >= 0.3 is 0 Å². The highest BCUT2D eigenvalue weighted by Gasteiger charge is 2.34. The van der Waals surface area contributed by atoms with Crippen LogP contribution in [0.2, 0.25) is 0 Å². The number of hydrogen-bond acceptors (Lipinski definition) is 5. The van der Waals surface area contributed by atoms with Gasteiger partial charge in [-0.2, -0.15) is 0 Å². The number of fused-ring (bicyclic) bond motifs is 1. The van der Waals surface area contributed by atoms with E-state index < -0.39 is 29.7 Å². The molecule has 0 radical (unpaired) electrons. The first-order valence-corrected chi connectivity index (χ1v) is 10.1. The number of carbonyl (C=O) groups excluding carboxylic acids is 2. The molecule has 0 aromatic heterocycles. The van der Waals surface area contributed by atoms with Crippen LogP contribution in [-0.2, 0) is 9.59 Å². The Balaban J connectivity index is 1.30. The summed E-state index contributed by atoms with van der Waals surface area (Å²) in [5.74, 6) is -0.772. The molecule has 31 heavy (non-hydrogen) atoms. The van der Waals surface area contributed by atoms with Crippen LogP contribution in [-0.4, -0.2) is 66.5 Å². The van der Waals surface area contributed by atoms with Gasteiger partial charge < -0.3 is 19.7 Å². The lowest BCUT2D eigenvalue weighted by Crippen LogP contribution is -2.57. The number of nitrogens with one attached hydrogen (secondary N) is 1. The monoisotopic (exact) mass is 431 g/mol. The van der Waals surface area contributed by atoms with Gasteiger partial charge in [0.2, 0.25) is 12.0 Å². The van der Waals surface area contributed by atoms with E-state index in [0.717, 1.165) is 18.2 Å². The van der Waals surface area contributed by atoms with Gasteiger partial charge in [0.05, 0.1) is 11.7 Å². The van der Waals surface area contributed by atoms with Crippen molar-refractivity contribution in [3.05, 3.63) is 54.1 Å². The number of benzene rings is 2. The van der Waals surface area contributed by atoms with Crippen molar-refractivity contribution in [1.29, 1.82) is 0 Å². The second-order valence-corrected chi connectivity index (χ2v) is 7.51. The molecule has 2 aromatic rings. The van der Waals surface area contributed by atoms with Gasteiger partial charge in [-0.25, -0.2) is 8.78 Å². The number of amides is 2. The normalized spacial score (nSPS) is 19.6. The summed E-state index contributed by atoms with van der Waals surface area (Å²) in [7, 11) is 0. The molecule has 9 heteroatoms. The molecule has 2 atom stereocenters. The third-order valence-electron chi connectivity index (χ3n) is 5.52. The molecule has 0 spiro atoms. The van der Waals surface area contributed by atoms with E-state index in [-0.39, 0.29) is 18.2 Å². The molecule has 0 bridgehead atoms. The second-order valence-electron chi connectivity index (χ2n) is 7.51. The average molecular weight is 431 g/mol. The zero-order valence-electron chi connectivity index (χ0n) is 17.0. The van der Waals surface area contributed by atoms with Crippen molar-refractivity contribution in [2.24, 2.45) is 0 Å². The number of para-hydroxylation sites is 2. The standard InChI is InChI=1S/C22H23F2N3O4/c1-14(21(28)25-17-12-15(23)6-7-16(17)24)26-8-10-27(11-9-26)22(29)20-13-30-18-4-2-3-5-19(18)31-20/h2-7,12,14,20H,8-11,13H2,1H3,(H,25,28)/t14-,20+/m0/s1. The summed E-state index contributed by atoms with van der Waals surface area (Å²) < 4.78 is 38.5. The van der Waals surface area contributed by atoms with Crippen LogP contribution in [0.25, 0.3) is 0 Å². The zero-order chi connectivity index (χ0) is 22.0. The van der Waals surface area contributed by atoms with Gasteiger partial charge in [-0.05, 0) is 31.2 Å². The molecule has 2 aromatic carbocycles. The van der Waals surface area contributed by atoms with Crippen molar-refractivity contribution in [2.75, 3.05) is 38.1 Å². The Morgan fingerprint density at radius 1 is 1.06 bits per heavy atom. The van der Waals surface area contributed by atoms with Crippen LogP contribution in [0.5, 0.6) is 11.5 Å². The van der Waals surface area contributed by atoms with Crippen LogP contribution in [0, 0.1) is 11.6 Å². The van der Waals surface area contributed by atoms with Gasteiger partial charge in [0.1, 0.15) is 18.2 Å². The molecule has 4 rings (SSSR count). The van der Waals surface area contributed by atoms with Gasteiger partial charge in [-0.3, -0.25) is 14.5 Å². The third-order valence-corrected chi connectivity index (χ3v) is 5.52. The van der Waals surface area contributed by atoms with E-state index in [9.17, 15) is 18.4 Å². The van der Waals surface area contributed by atoms with Crippen LogP contribution >= 0.6 is 0 Å². The van der Waals surface area contributed by atoms with E-state index in [0.29, 0.717) is 37.7 Å². The fourth-order valence-electron chi connectivity index (χ4n) is 3.67. The fraction of sp³-hybridized carbons (Fsp3) is 0.364. The number of rotatable bonds is 4. The zero-order valence-corrected chi connectivity index (χ0v) is 17.0. The summed E-state index contributed by atoms with van der Waals surface area (Å²) in [5.41, 5.74) is -0.194. The maximum atomic E-state index is 13.8. The highest BCUT2D eigenvalue weighted by atomic mass is 19.1. The molecular formula is C22H23F2N3O4. The summed E-state index contributed by atoms with van der Waals surface area (Å²) in [5, 5.41) is 2.43. The van der Waals surface area contributed by atoms with Crippen molar-refractivity contribution >= 4 is 17.5 Å². The van der Waals surface area contributed by atoms with Crippen LogP contribution in [0.15, 0.2) is 42.5 Å². The van der Waals surface area contributed by atoms with Crippen molar-refractivity contribution < 1.29 is 27.8 Å². The molecule has 2 heterocycles. The predicted molar refractivity (Wildman–Crippen MR) is 109 cm³/mol. The van der Waals surface area contributed by atoms with E-state index in [2.05, 4.69) is 5.32 Å². The molecule has 2 aliphatic rings. The Morgan fingerprint density at radius 2 is 1.77 bits per heavy atom. The highest BCUT2D eigenvalue weighted by molar-refractivity contribution is 5.94. The molecule has 2 amide bonds. The predicted octanol–water partition coefficient (Wildman–Crippen LogP) is 2.28. The van der Waals surface area contributed by atoms with Crippen LogP contribution in [0.3, 0.4) is 0 Å². The fourth-order valence-corrected chi connectivity index (χ4v) is 3.67. The number of hydrogen-bond donors (Lipinski definition) is 1. The molecular weight excluding hydrogens is 408 g/mol. The van der Waals surface area contributed by atoms with Gasteiger partial charge in [0.15, 0.2) is 11.5 Å². The van der Waals surface area contributed by atoms with E-state index in [1.807, 2.05) is 17.0 Å². The number of piperazine rings is 1. The minimum Gasteiger partial charge on any atom is -0.485 e. The molecule has 0 saturated carbocycles. The molecule has 0 unspecified atom stereocenters. The second kappa shape index (κ2) is 8.89. The summed E-state index contributed by atoms with van der Waals surface area (Å²) in [6, 6.07) is 9.53. The number of carbonyl (C=O) groups is 2. The molecule has 164 valence electrons.